The summed E-state index contributed by atoms with van der Waals surface area (Å²) in [6, 6.07) is 16.4. The number of para-hydroxylation sites is 2. The van der Waals surface area contributed by atoms with Crippen molar-refractivity contribution in [3.8, 4) is 5.75 Å². The summed E-state index contributed by atoms with van der Waals surface area (Å²) in [6.07, 6.45) is 1.81. The van der Waals surface area contributed by atoms with Crippen molar-refractivity contribution in [1.29, 1.82) is 0 Å². The van der Waals surface area contributed by atoms with Crippen LogP contribution in [0.2, 0.25) is 0 Å². The van der Waals surface area contributed by atoms with Gasteiger partial charge in [0.25, 0.3) is 17.3 Å². The second-order valence-corrected chi connectivity index (χ2v) is 7.65. The van der Waals surface area contributed by atoms with Gasteiger partial charge in [-0.25, -0.2) is 4.98 Å². The predicted molar refractivity (Wildman–Crippen MR) is 131 cm³/mol. The van der Waals surface area contributed by atoms with Crippen molar-refractivity contribution in [2.45, 2.75) is 13.5 Å². The second kappa shape index (κ2) is 11.4. The van der Waals surface area contributed by atoms with Gasteiger partial charge >= 0.3 is 11.4 Å². The fraction of sp³-hybridized carbons (Fsp3) is 0.130. The van der Waals surface area contributed by atoms with Gasteiger partial charge in [0.1, 0.15) is 0 Å². The Kier molecular flexibility index (Phi) is 8.04. The van der Waals surface area contributed by atoms with Crippen LogP contribution in [0.3, 0.4) is 0 Å². The number of imidazole rings is 1. The van der Waals surface area contributed by atoms with Gasteiger partial charge in [0.05, 0.1) is 44.3 Å². The van der Waals surface area contributed by atoms with Crippen LogP contribution in [0.15, 0.2) is 67.0 Å². The third-order valence-corrected chi connectivity index (χ3v) is 5.14. The number of fused-ring (bicyclic) bond motifs is 1. The maximum absolute atomic E-state index is 12.0. The number of non-ortho nitro benzene ring substituents is 1. The number of nitro benzene ring substituents is 3. The van der Waals surface area contributed by atoms with Crippen LogP contribution >= 0.6 is 0 Å². The lowest BCUT2D eigenvalue weighted by Gasteiger charge is -2.07. The summed E-state index contributed by atoms with van der Waals surface area (Å²) < 4.78 is 2.05. The Hall–Kier alpha value is -5.40. The maximum atomic E-state index is 12.0. The fourth-order valence-corrected chi connectivity index (χ4v) is 3.26. The van der Waals surface area contributed by atoms with Crippen LogP contribution in [0, 0.1) is 37.3 Å². The highest BCUT2D eigenvalue weighted by atomic mass is 16.6. The van der Waals surface area contributed by atoms with E-state index in [0.29, 0.717) is 30.8 Å². The highest BCUT2D eigenvalue weighted by Crippen LogP contribution is 2.38. The Bertz CT molecular complexity index is 1450. The average molecular weight is 508 g/mol. The summed E-state index contributed by atoms with van der Waals surface area (Å²) in [5.41, 5.74) is 0.898. The molecule has 0 bridgehead atoms. The molecule has 0 aliphatic rings. The second-order valence-electron chi connectivity index (χ2n) is 7.65. The zero-order valence-corrected chi connectivity index (χ0v) is 19.3. The number of phenolic OH excluding ortho intramolecular Hbond substituents is 1. The fourth-order valence-electron chi connectivity index (χ4n) is 3.26. The van der Waals surface area contributed by atoms with Crippen LogP contribution < -0.4 is 5.32 Å². The van der Waals surface area contributed by atoms with Crippen molar-refractivity contribution in [2.24, 2.45) is 0 Å². The number of carbonyl (C=O) groups is 1. The summed E-state index contributed by atoms with van der Waals surface area (Å²) in [6.45, 7) is 3.29. The summed E-state index contributed by atoms with van der Waals surface area (Å²) in [7, 11) is 0. The Morgan fingerprint density at radius 2 is 1.54 bits per heavy atom. The van der Waals surface area contributed by atoms with Crippen LogP contribution in [-0.2, 0) is 6.54 Å². The van der Waals surface area contributed by atoms with Crippen molar-refractivity contribution in [3.63, 3.8) is 0 Å². The molecule has 0 saturated heterocycles. The molecule has 0 radical (unpaired) electrons. The lowest BCUT2D eigenvalue weighted by Crippen LogP contribution is -2.27. The van der Waals surface area contributed by atoms with Gasteiger partial charge in [-0.1, -0.05) is 29.8 Å². The van der Waals surface area contributed by atoms with Gasteiger partial charge in [-0.2, -0.15) is 0 Å². The molecule has 14 heteroatoms. The minimum absolute atomic E-state index is 0.0422. The zero-order chi connectivity index (χ0) is 27.1. The molecule has 0 aliphatic heterocycles. The van der Waals surface area contributed by atoms with Crippen molar-refractivity contribution in [3.05, 3.63) is 108 Å². The molecule has 37 heavy (non-hydrogen) atoms. The molecular weight excluding hydrogens is 488 g/mol. The molecule has 4 rings (SSSR count). The summed E-state index contributed by atoms with van der Waals surface area (Å²) >= 11 is 0. The molecule has 0 atom stereocenters. The number of aryl methyl sites for hydroxylation is 1. The van der Waals surface area contributed by atoms with Crippen LogP contribution in [0.5, 0.6) is 5.75 Å². The van der Waals surface area contributed by atoms with E-state index < -0.39 is 37.6 Å². The van der Waals surface area contributed by atoms with Gasteiger partial charge in [-0.15, -0.1) is 0 Å². The lowest BCUT2D eigenvalue weighted by atomic mass is 10.1. The predicted octanol–water partition coefficient (Wildman–Crippen LogP) is 3.89. The van der Waals surface area contributed by atoms with E-state index in [0.717, 1.165) is 16.6 Å². The molecule has 1 aromatic heterocycles. The molecule has 0 fully saturated rings. The molecule has 190 valence electrons. The minimum Gasteiger partial charge on any atom is -0.497 e. The highest BCUT2D eigenvalue weighted by Gasteiger charge is 2.30. The molecule has 0 spiro atoms. The molecule has 0 saturated carbocycles. The quantitative estimate of drug-likeness (QED) is 0.275. The SMILES string of the molecule is Cc1ccc(C(=O)NCCn2cnc3ccccc32)cc1.O=[N+]([O-])c1cc([N+](=O)[O-])c(O)c([N+](=O)[O-])c1. The number of aromatic nitrogens is 2. The number of carbonyl (C=O) groups excluding carboxylic acids is 1. The number of benzene rings is 3. The number of nitrogens with one attached hydrogen (secondary N) is 1. The Morgan fingerprint density at radius 1 is 0.946 bits per heavy atom. The molecule has 1 heterocycles. The van der Waals surface area contributed by atoms with Gasteiger partial charge in [0.15, 0.2) is 0 Å². The lowest BCUT2D eigenvalue weighted by molar-refractivity contribution is -0.404. The number of phenols is 1. The number of nitrogens with zero attached hydrogens (tertiary/aromatic N) is 5. The number of hydrogen-bond acceptors (Lipinski definition) is 9. The topological polar surface area (TPSA) is 197 Å². The van der Waals surface area contributed by atoms with Crippen LogP contribution in [-0.4, -0.2) is 41.9 Å². The Balaban J connectivity index is 0.000000214. The largest absolute Gasteiger partial charge is 0.497 e. The van der Waals surface area contributed by atoms with E-state index >= 15 is 0 Å². The van der Waals surface area contributed by atoms with Crippen molar-refractivity contribution in [2.75, 3.05) is 6.54 Å². The van der Waals surface area contributed by atoms with Crippen molar-refractivity contribution in [1.82, 2.24) is 14.9 Å². The molecule has 1 amide bonds. The van der Waals surface area contributed by atoms with Gasteiger partial charge < -0.3 is 15.0 Å². The highest BCUT2D eigenvalue weighted by molar-refractivity contribution is 5.94. The zero-order valence-electron chi connectivity index (χ0n) is 19.3. The van der Waals surface area contributed by atoms with E-state index in [2.05, 4.69) is 10.3 Å². The van der Waals surface area contributed by atoms with E-state index in [1.807, 2.05) is 66.3 Å². The van der Waals surface area contributed by atoms with Gasteiger partial charge in [0.2, 0.25) is 0 Å². The van der Waals surface area contributed by atoms with E-state index in [4.69, 9.17) is 5.11 Å². The number of hydrogen-bond donors (Lipinski definition) is 2. The first-order chi connectivity index (χ1) is 17.6. The smallest absolute Gasteiger partial charge is 0.324 e. The minimum atomic E-state index is -1.21. The standard InChI is InChI=1S/C17H17N3O.C6H3N3O7/c1-13-6-8-14(9-7-13)17(21)18-10-11-20-12-19-15-4-2-3-5-16(15)20;10-6-4(8(13)14)1-3(7(11)12)2-5(6)9(15)16/h2-9,12H,10-11H2,1H3,(H,18,21);1-2,10H. The van der Waals surface area contributed by atoms with Crippen molar-refractivity contribution < 1.29 is 24.7 Å². The molecule has 14 nitrogen and oxygen atoms in total. The molecule has 0 unspecified atom stereocenters. The van der Waals surface area contributed by atoms with Crippen molar-refractivity contribution >= 4 is 34.0 Å². The Labute approximate surface area is 208 Å². The average Bonchev–Trinajstić information content (AvgIpc) is 3.27. The number of rotatable bonds is 7. The summed E-state index contributed by atoms with van der Waals surface area (Å²) in [5.74, 6) is -1.25. The summed E-state index contributed by atoms with van der Waals surface area (Å²) in [5, 5.41) is 43.1. The number of amides is 1. The van der Waals surface area contributed by atoms with Gasteiger partial charge in [-0.05, 0) is 31.2 Å². The van der Waals surface area contributed by atoms with Crippen LogP contribution in [0.25, 0.3) is 11.0 Å². The first-order valence-corrected chi connectivity index (χ1v) is 10.6. The normalized spacial score (nSPS) is 10.3. The first-order valence-electron chi connectivity index (χ1n) is 10.6. The number of nitro groups is 3. The van der Waals surface area contributed by atoms with Crippen LogP contribution in [0.4, 0.5) is 17.1 Å². The molecule has 0 aliphatic carbocycles. The summed E-state index contributed by atoms with van der Waals surface area (Å²) in [4.78, 5) is 44.1. The maximum Gasteiger partial charge on any atom is 0.324 e. The molecule has 3 aromatic carbocycles. The molecule has 4 aromatic rings. The molecule has 2 N–H and O–H groups in total. The first kappa shape index (κ1) is 26.2. The van der Waals surface area contributed by atoms with E-state index in [-0.39, 0.29) is 5.91 Å². The monoisotopic (exact) mass is 508 g/mol. The number of aromatic hydroxyl groups is 1. The molecular formula is C23H20N6O8. The third kappa shape index (κ3) is 6.39. The Morgan fingerprint density at radius 3 is 2.11 bits per heavy atom. The van der Waals surface area contributed by atoms with Gasteiger partial charge in [-0.3, -0.25) is 35.1 Å². The van der Waals surface area contributed by atoms with Gasteiger partial charge in [0, 0.05) is 18.7 Å². The van der Waals surface area contributed by atoms with Crippen LogP contribution in [0.1, 0.15) is 15.9 Å². The third-order valence-electron chi connectivity index (χ3n) is 5.14. The van der Waals surface area contributed by atoms with E-state index in [1.54, 1.807) is 0 Å². The van der Waals surface area contributed by atoms with E-state index in [9.17, 15) is 35.1 Å². The van der Waals surface area contributed by atoms with E-state index in [1.165, 1.54) is 0 Å².